The maximum absolute atomic E-state index is 10.4. The summed E-state index contributed by atoms with van der Waals surface area (Å²) in [7, 11) is 0. The van der Waals surface area contributed by atoms with E-state index in [4.69, 9.17) is 9.97 Å². The molecule has 7 aromatic rings. The Morgan fingerprint density at radius 3 is 0.978 bits per heavy atom. The van der Waals surface area contributed by atoms with Gasteiger partial charge in [-0.15, -0.1) is 0 Å². The molecule has 0 atom stereocenters. The first-order chi connectivity index (χ1) is 22.7. The summed E-state index contributed by atoms with van der Waals surface area (Å²) in [5.41, 5.74) is 10.7. The van der Waals surface area contributed by atoms with E-state index in [2.05, 4.69) is 12.1 Å². The Bertz CT molecular complexity index is 1960. The highest BCUT2D eigenvalue weighted by molar-refractivity contribution is 5.90. The molecular formula is C42H26N4. The Hall–Kier alpha value is -6.62. The van der Waals surface area contributed by atoms with Crippen molar-refractivity contribution in [2.24, 2.45) is 0 Å². The van der Waals surface area contributed by atoms with Crippen LogP contribution in [0.15, 0.2) is 158 Å². The number of hydrogen-bond acceptors (Lipinski definition) is 4. The van der Waals surface area contributed by atoms with E-state index in [9.17, 15) is 10.5 Å². The highest BCUT2D eigenvalue weighted by Crippen LogP contribution is 2.40. The summed E-state index contributed by atoms with van der Waals surface area (Å²) in [5.74, 6) is 0. The zero-order valence-electron chi connectivity index (χ0n) is 24.8. The molecule has 214 valence electrons. The number of nitrogens with zero attached hydrogens (tertiary/aromatic N) is 4. The summed E-state index contributed by atoms with van der Waals surface area (Å²) >= 11 is 0. The lowest BCUT2D eigenvalue weighted by Crippen LogP contribution is -2.00. The quantitative estimate of drug-likeness (QED) is 0.194. The van der Waals surface area contributed by atoms with E-state index < -0.39 is 0 Å². The van der Waals surface area contributed by atoms with Crippen molar-refractivity contribution in [1.29, 1.82) is 10.5 Å². The number of rotatable bonds is 6. The molecule has 0 amide bonds. The molecule has 7 rings (SSSR count). The molecule has 0 aliphatic rings. The Morgan fingerprint density at radius 1 is 0.348 bits per heavy atom. The summed E-state index contributed by atoms with van der Waals surface area (Å²) in [4.78, 5) is 10.3. The van der Waals surface area contributed by atoms with E-state index in [1.807, 2.05) is 158 Å². The van der Waals surface area contributed by atoms with Gasteiger partial charge in [0.2, 0.25) is 0 Å². The topological polar surface area (TPSA) is 73.4 Å². The first-order valence-electron chi connectivity index (χ1n) is 15.0. The van der Waals surface area contributed by atoms with E-state index in [1.54, 1.807) is 0 Å². The average Bonchev–Trinajstić information content (AvgIpc) is 3.15. The molecule has 0 fully saturated rings. The summed E-state index contributed by atoms with van der Waals surface area (Å²) in [6, 6.07) is 56.5. The number of aromatic nitrogens is 2. The van der Waals surface area contributed by atoms with Crippen LogP contribution in [-0.4, -0.2) is 9.97 Å². The van der Waals surface area contributed by atoms with Crippen molar-refractivity contribution in [2.45, 2.75) is 0 Å². The van der Waals surface area contributed by atoms with Crippen LogP contribution in [0.5, 0.6) is 0 Å². The fourth-order valence-corrected chi connectivity index (χ4v) is 5.82. The minimum atomic E-state index is 0.521. The van der Waals surface area contributed by atoms with Crippen molar-refractivity contribution < 1.29 is 0 Å². The van der Waals surface area contributed by atoms with E-state index >= 15 is 0 Å². The standard InChI is InChI=1S/C42H26N4/c43-27-37-35(29-15-5-1-6-16-29)25-39(45-41(37)31-19-9-3-10-20-31)33-23-13-14-24-34(33)40-26-36(30-17-7-2-8-18-30)38(28-44)42(46-40)32-21-11-4-12-22-32/h1-26H. The number of hydrogen-bond donors (Lipinski definition) is 0. The van der Waals surface area contributed by atoms with Crippen LogP contribution in [0.25, 0.3) is 67.3 Å². The molecule has 0 N–H and O–H groups in total. The minimum absolute atomic E-state index is 0.521. The van der Waals surface area contributed by atoms with Crippen molar-refractivity contribution in [2.75, 3.05) is 0 Å². The maximum Gasteiger partial charge on any atom is 0.102 e. The molecule has 4 nitrogen and oxygen atoms in total. The van der Waals surface area contributed by atoms with Crippen LogP contribution < -0.4 is 0 Å². The second-order valence-corrected chi connectivity index (χ2v) is 10.8. The van der Waals surface area contributed by atoms with Crippen molar-refractivity contribution in [3.05, 3.63) is 169 Å². The molecular weight excluding hydrogens is 560 g/mol. The molecule has 0 saturated carbocycles. The van der Waals surface area contributed by atoms with Crippen molar-refractivity contribution in [1.82, 2.24) is 9.97 Å². The summed E-state index contributed by atoms with van der Waals surface area (Å²) in [6.07, 6.45) is 0. The molecule has 46 heavy (non-hydrogen) atoms. The zero-order valence-corrected chi connectivity index (χ0v) is 24.8. The highest BCUT2D eigenvalue weighted by atomic mass is 14.7. The van der Waals surface area contributed by atoms with Crippen LogP contribution in [0.1, 0.15) is 11.1 Å². The largest absolute Gasteiger partial charge is 0.246 e. The van der Waals surface area contributed by atoms with Crippen LogP contribution in [0.2, 0.25) is 0 Å². The Kier molecular flexibility index (Phi) is 7.68. The SMILES string of the molecule is N#Cc1c(-c2ccccc2)cc(-c2ccccc2-c2cc(-c3ccccc3)c(C#N)c(-c3ccccc3)n2)nc1-c1ccccc1. The van der Waals surface area contributed by atoms with E-state index in [0.29, 0.717) is 22.5 Å². The fraction of sp³-hybridized carbons (Fsp3) is 0. The summed E-state index contributed by atoms with van der Waals surface area (Å²) < 4.78 is 0. The Morgan fingerprint density at radius 2 is 0.652 bits per heavy atom. The Labute approximate surface area is 268 Å². The smallest absolute Gasteiger partial charge is 0.102 e. The average molecular weight is 587 g/mol. The third-order valence-corrected chi connectivity index (χ3v) is 8.01. The summed E-state index contributed by atoms with van der Waals surface area (Å²) in [5, 5.41) is 20.8. The van der Waals surface area contributed by atoms with Crippen LogP contribution in [0.4, 0.5) is 0 Å². The van der Waals surface area contributed by atoms with Gasteiger partial charge in [-0.25, -0.2) is 9.97 Å². The lowest BCUT2D eigenvalue weighted by molar-refractivity contribution is 1.28. The second-order valence-electron chi connectivity index (χ2n) is 10.8. The van der Waals surface area contributed by atoms with Crippen molar-refractivity contribution in [3.8, 4) is 79.4 Å². The molecule has 4 heteroatoms. The number of pyridine rings is 2. The van der Waals surface area contributed by atoms with Gasteiger partial charge in [0, 0.05) is 33.4 Å². The van der Waals surface area contributed by atoms with Crippen molar-refractivity contribution >= 4 is 0 Å². The lowest BCUT2D eigenvalue weighted by Gasteiger charge is -2.17. The fourth-order valence-electron chi connectivity index (χ4n) is 5.82. The van der Waals surface area contributed by atoms with Gasteiger partial charge in [-0.3, -0.25) is 0 Å². The molecule has 0 unspecified atom stereocenters. The molecule has 0 aliphatic carbocycles. The molecule has 2 aromatic heterocycles. The van der Waals surface area contributed by atoms with E-state index in [0.717, 1.165) is 55.9 Å². The normalized spacial score (nSPS) is 10.6. The van der Waals surface area contributed by atoms with Crippen LogP contribution in [-0.2, 0) is 0 Å². The van der Waals surface area contributed by atoms with Crippen LogP contribution >= 0.6 is 0 Å². The maximum atomic E-state index is 10.4. The van der Waals surface area contributed by atoms with Gasteiger partial charge in [-0.1, -0.05) is 146 Å². The zero-order chi connectivity index (χ0) is 31.3. The highest BCUT2D eigenvalue weighted by Gasteiger charge is 2.21. The first kappa shape index (κ1) is 28.2. The van der Waals surface area contributed by atoms with Gasteiger partial charge < -0.3 is 0 Å². The van der Waals surface area contributed by atoms with Crippen LogP contribution in [0.3, 0.4) is 0 Å². The van der Waals surface area contributed by atoms with Gasteiger partial charge in [-0.2, -0.15) is 10.5 Å². The third-order valence-electron chi connectivity index (χ3n) is 8.01. The third kappa shape index (κ3) is 5.33. The molecule has 0 radical (unpaired) electrons. The van der Waals surface area contributed by atoms with Crippen LogP contribution in [0, 0.1) is 22.7 Å². The molecule has 0 spiro atoms. The summed E-state index contributed by atoms with van der Waals surface area (Å²) in [6.45, 7) is 0. The minimum Gasteiger partial charge on any atom is -0.246 e. The van der Waals surface area contributed by atoms with Gasteiger partial charge in [0.05, 0.1) is 33.9 Å². The van der Waals surface area contributed by atoms with Gasteiger partial charge in [0.1, 0.15) is 12.1 Å². The monoisotopic (exact) mass is 586 g/mol. The first-order valence-corrected chi connectivity index (χ1v) is 15.0. The molecule has 0 bridgehead atoms. The second kappa shape index (κ2) is 12.5. The predicted molar refractivity (Wildman–Crippen MR) is 184 cm³/mol. The van der Waals surface area contributed by atoms with Gasteiger partial charge in [-0.05, 0) is 23.3 Å². The van der Waals surface area contributed by atoms with E-state index in [-0.39, 0.29) is 0 Å². The predicted octanol–water partition coefficient (Wildman–Crippen LogP) is 10.2. The van der Waals surface area contributed by atoms with Gasteiger partial charge in [0.25, 0.3) is 0 Å². The number of nitriles is 2. The van der Waals surface area contributed by atoms with Gasteiger partial charge in [0.15, 0.2) is 0 Å². The lowest BCUT2D eigenvalue weighted by atomic mass is 9.91. The van der Waals surface area contributed by atoms with E-state index in [1.165, 1.54) is 0 Å². The molecule has 0 saturated heterocycles. The number of benzene rings is 5. The molecule has 0 aliphatic heterocycles. The molecule has 5 aromatic carbocycles. The van der Waals surface area contributed by atoms with Crippen molar-refractivity contribution in [3.63, 3.8) is 0 Å². The van der Waals surface area contributed by atoms with Gasteiger partial charge >= 0.3 is 0 Å². The Balaban J connectivity index is 1.51. The molecule has 2 heterocycles.